The van der Waals surface area contributed by atoms with E-state index < -0.39 is 5.91 Å². The van der Waals surface area contributed by atoms with Gasteiger partial charge in [-0.2, -0.15) is 0 Å². The lowest BCUT2D eigenvalue weighted by atomic mass is 9.84. The Kier molecular flexibility index (Phi) is 6.77. The summed E-state index contributed by atoms with van der Waals surface area (Å²) >= 11 is 5.88. The first-order valence-corrected chi connectivity index (χ1v) is 12.3. The minimum atomic E-state index is -0.588. The van der Waals surface area contributed by atoms with Crippen molar-refractivity contribution in [2.24, 2.45) is 5.92 Å². The Hall–Kier alpha value is -3.66. The summed E-state index contributed by atoms with van der Waals surface area (Å²) in [6.45, 7) is 0.801. The van der Waals surface area contributed by atoms with E-state index in [0.29, 0.717) is 35.3 Å². The molecule has 3 amide bonds. The molecule has 4 heterocycles. The van der Waals surface area contributed by atoms with Crippen LogP contribution in [0.5, 0.6) is 5.88 Å². The van der Waals surface area contributed by atoms with Crippen LogP contribution in [0.3, 0.4) is 0 Å². The molecule has 0 unspecified atom stereocenters. The van der Waals surface area contributed by atoms with E-state index in [1.165, 1.54) is 19.5 Å². The average molecular weight is 512 g/mol. The summed E-state index contributed by atoms with van der Waals surface area (Å²) in [5, 5.41) is 6.41. The number of carbonyl (C=O) groups excluding carboxylic acids is 3. The Labute approximate surface area is 212 Å². The van der Waals surface area contributed by atoms with Crippen LogP contribution in [-0.4, -0.2) is 52.3 Å². The first kappa shape index (κ1) is 24.1. The number of nitrogens with one attached hydrogen (secondary N) is 2. The van der Waals surface area contributed by atoms with Gasteiger partial charge in [0.1, 0.15) is 22.5 Å². The van der Waals surface area contributed by atoms with Crippen molar-refractivity contribution in [2.75, 3.05) is 24.3 Å². The highest BCUT2D eigenvalue weighted by atomic mass is 35.5. The fourth-order valence-electron chi connectivity index (χ4n) is 5.00. The van der Waals surface area contributed by atoms with Crippen molar-refractivity contribution in [1.82, 2.24) is 14.9 Å². The van der Waals surface area contributed by atoms with Gasteiger partial charge in [-0.3, -0.25) is 14.4 Å². The lowest BCUT2D eigenvalue weighted by molar-refractivity contribution is -0.130. The van der Waals surface area contributed by atoms with Gasteiger partial charge in [-0.05, 0) is 44.2 Å². The van der Waals surface area contributed by atoms with Gasteiger partial charge < -0.3 is 24.7 Å². The monoisotopic (exact) mass is 511 g/mol. The van der Waals surface area contributed by atoms with Crippen molar-refractivity contribution in [2.45, 2.75) is 44.6 Å². The smallest absolute Gasteiger partial charge is 0.294 e. The van der Waals surface area contributed by atoms with Crippen LogP contribution in [0.15, 0.2) is 35.0 Å². The molecule has 0 aromatic carbocycles. The van der Waals surface area contributed by atoms with Crippen molar-refractivity contribution in [3.63, 3.8) is 0 Å². The first-order chi connectivity index (χ1) is 17.4. The highest BCUT2D eigenvalue weighted by Crippen LogP contribution is 2.38. The Morgan fingerprint density at radius 3 is 2.61 bits per heavy atom. The summed E-state index contributed by atoms with van der Waals surface area (Å²) in [5.41, 5.74) is 0.547. The number of likely N-dealkylation sites (tertiary alicyclic amines) is 1. The fraction of sp³-hybridized carbons (Fsp3) is 0.400. The number of methoxy groups -OCH3 is 1. The van der Waals surface area contributed by atoms with E-state index in [1.54, 1.807) is 18.2 Å². The van der Waals surface area contributed by atoms with Gasteiger partial charge in [0.15, 0.2) is 0 Å². The molecular weight excluding hydrogens is 486 g/mol. The zero-order chi connectivity index (χ0) is 25.2. The van der Waals surface area contributed by atoms with Crippen LogP contribution in [-0.2, 0) is 9.59 Å². The molecule has 1 saturated carbocycles. The van der Waals surface area contributed by atoms with Gasteiger partial charge in [-0.15, -0.1) is 0 Å². The van der Waals surface area contributed by atoms with Crippen molar-refractivity contribution in [1.29, 1.82) is 0 Å². The fourth-order valence-corrected chi connectivity index (χ4v) is 5.11. The maximum absolute atomic E-state index is 13.3. The van der Waals surface area contributed by atoms with Gasteiger partial charge in [0.2, 0.25) is 23.5 Å². The molecule has 2 aliphatic rings. The normalized spacial score (nSPS) is 19.9. The second kappa shape index (κ2) is 10.1. The largest absolute Gasteiger partial charge is 0.480 e. The number of pyridine rings is 2. The molecule has 1 aliphatic carbocycles. The zero-order valence-electron chi connectivity index (χ0n) is 19.8. The van der Waals surface area contributed by atoms with Crippen molar-refractivity contribution >= 4 is 51.8 Å². The highest BCUT2D eigenvalue weighted by molar-refractivity contribution is 6.30. The summed E-state index contributed by atoms with van der Waals surface area (Å²) in [6, 6.07) is 4.96. The molecule has 2 fully saturated rings. The molecule has 0 atom stereocenters. The standard InChI is InChI=1S/C25H26ClN5O5/c1-35-25-20-17(10-11-27-25)36-22(24(34)29-18-9-6-15(26)13-28-18)21(20)30-23(33)14-4-7-16(8-5-14)31-12-2-3-19(31)32/h6,9-11,13-14,16H,2-5,7-8,12H2,1H3,(H,30,33)(H,28,29,34)/t14-,16-. The van der Waals surface area contributed by atoms with Gasteiger partial charge in [-0.1, -0.05) is 11.6 Å². The van der Waals surface area contributed by atoms with Crippen LogP contribution < -0.4 is 15.4 Å². The van der Waals surface area contributed by atoms with Crippen molar-refractivity contribution in [3.8, 4) is 5.88 Å². The lowest BCUT2D eigenvalue weighted by Crippen LogP contribution is -2.40. The van der Waals surface area contributed by atoms with Crippen LogP contribution in [0.25, 0.3) is 11.0 Å². The molecule has 0 spiro atoms. The minimum Gasteiger partial charge on any atom is -0.480 e. The number of anilines is 2. The third-order valence-corrected chi connectivity index (χ3v) is 7.03. The zero-order valence-corrected chi connectivity index (χ0v) is 20.5. The van der Waals surface area contributed by atoms with Gasteiger partial charge in [0, 0.05) is 43.4 Å². The third kappa shape index (κ3) is 4.73. The quantitative estimate of drug-likeness (QED) is 0.506. The Balaban J connectivity index is 1.37. The number of fused-ring (bicyclic) bond motifs is 1. The van der Waals surface area contributed by atoms with Crippen LogP contribution in [0.2, 0.25) is 5.02 Å². The van der Waals surface area contributed by atoms with E-state index in [1.807, 2.05) is 4.90 Å². The van der Waals surface area contributed by atoms with Crippen LogP contribution >= 0.6 is 11.6 Å². The number of carbonyl (C=O) groups is 3. The minimum absolute atomic E-state index is 0.0854. The Morgan fingerprint density at radius 2 is 1.94 bits per heavy atom. The molecular formula is C25H26ClN5O5. The molecule has 5 rings (SSSR count). The highest BCUT2D eigenvalue weighted by Gasteiger charge is 2.34. The molecule has 10 nitrogen and oxygen atoms in total. The number of ether oxygens (including phenoxy) is 1. The second-order valence-electron chi connectivity index (χ2n) is 9.00. The summed E-state index contributed by atoms with van der Waals surface area (Å²) in [6.07, 6.45) is 7.28. The second-order valence-corrected chi connectivity index (χ2v) is 9.44. The van der Waals surface area contributed by atoms with E-state index in [0.717, 1.165) is 25.8 Å². The predicted octanol–water partition coefficient (Wildman–Crippen LogP) is 4.26. The molecule has 36 heavy (non-hydrogen) atoms. The maximum Gasteiger partial charge on any atom is 0.294 e. The number of nitrogens with zero attached hydrogens (tertiary/aromatic N) is 3. The average Bonchev–Trinajstić information content (AvgIpc) is 3.49. The van der Waals surface area contributed by atoms with Crippen LogP contribution in [0.1, 0.15) is 49.1 Å². The number of rotatable bonds is 6. The SMILES string of the molecule is COc1nccc2oc(C(=O)Nc3ccc(Cl)cn3)c(NC(=O)[C@H]3CC[C@H](N4CCCC4=O)CC3)c12. The molecule has 188 valence electrons. The van der Waals surface area contributed by atoms with E-state index in [4.69, 9.17) is 20.8 Å². The topological polar surface area (TPSA) is 127 Å². The summed E-state index contributed by atoms with van der Waals surface area (Å²) in [5.74, 6) is -0.423. The van der Waals surface area contributed by atoms with Crippen LogP contribution in [0, 0.1) is 5.92 Å². The van der Waals surface area contributed by atoms with Gasteiger partial charge in [0.25, 0.3) is 5.91 Å². The van der Waals surface area contributed by atoms with Gasteiger partial charge in [-0.25, -0.2) is 9.97 Å². The summed E-state index contributed by atoms with van der Waals surface area (Å²) < 4.78 is 11.2. The van der Waals surface area contributed by atoms with Gasteiger partial charge >= 0.3 is 0 Å². The number of hydrogen-bond donors (Lipinski definition) is 2. The molecule has 2 N–H and O–H groups in total. The van der Waals surface area contributed by atoms with E-state index in [-0.39, 0.29) is 46.9 Å². The van der Waals surface area contributed by atoms with Crippen molar-refractivity contribution in [3.05, 3.63) is 41.4 Å². The Morgan fingerprint density at radius 1 is 1.14 bits per heavy atom. The number of aromatic nitrogens is 2. The number of furan rings is 1. The van der Waals surface area contributed by atoms with Crippen molar-refractivity contribution < 1.29 is 23.5 Å². The first-order valence-electron chi connectivity index (χ1n) is 11.9. The number of amides is 3. The molecule has 3 aromatic rings. The number of hydrogen-bond acceptors (Lipinski definition) is 7. The predicted molar refractivity (Wildman–Crippen MR) is 133 cm³/mol. The van der Waals surface area contributed by atoms with E-state index in [2.05, 4.69) is 20.6 Å². The molecule has 11 heteroatoms. The van der Waals surface area contributed by atoms with E-state index >= 15 is 0 Å². The summed E-state index contributed by atoms with van der Waals surface area (Å²) in [7, 11) is 1.46. The van der Waals surface area contributed by atoms with Crippen LogP contribution in [0.4, 0.5) is 11.5 Å². The molecule has 3 aromatic heterocycles. The summed E-state index contributed by atoms with van der Waals surface area (Å²) in [4.78, 5) is 48.8. The third-order valence-electron chi connectivity index (χ3n) is 6.80. The molecule has 1 saturated heterocycles. The molecule has 0 radical (unpaired) electrons. The van der Waals surface area contributed by atoms with Gasteiger partial charge in [0.05, 0.1) is 12.1 Å². The molecule has 1 aliphatic heterocycles. The van der Waals surface area contributed by atoms with E-state index in [9.17, 15) is 14.4 Å². The number of halogens is 1. The Bertz CT molecular complexity index is 1300. The molecule has 0 bridgehead atoms. The maximum atomic E-state index is 13.3. The lowest BCUT2D eigenvalue weighted by Gasteiger charge is -2.34.